The van der Waals surface area contributed by atoms with E-state index in [2.05, 4.69) is 6.07 Å². The summed E-state index contributed by atoms with van der Waals surface area (Å²) in [4.78, 5) is 14.3. The highest BCUT2D eigenvalue weighted by atomic mass is 16.7. The minimum absolute atomic E-state index is 0.0915. The number of hydrogen-bond acceptors (Lipinski definition) is 3. The van der Waals surface area contributed by atoms with Crippen LogP contribution in [0.5, 0.6) is 0 Å². The molecule has 1 spiro atoms. The van der Waals surface area contributed by atoms with Crippen LogP contribution in [0.15, 0.2) is 12.1 Å². The van der Waals surface area contributed by atoms with Gasteiger partial charge in [-0.15, -0.1) is 0 Å². The number of anilines is 1. The smallest absolute Gasteiger partial charge is 0.292 e. The summed E-state index contributed by atoms with van der Waals surface area (Å²) in [7, 11) is 0. The molecule has 0 N–H and O–H groups in total. The largest absolute Gasteiger partial charge is 0.336 e. The molecule has 1 amide bonds. The number of rotatable bonds is 1. The summed E-state index contributed by atoms with van der Waals surface area (Å²) in [6, 6.07) is 4.09. The van der Waals surface area contributed by atoms with Gasteiger partial charge in [-0.3, -0.25) is 4.79 Å². The predicted molar refractivity (Wildman–Crippen MR) is 67.5 cm³/mol. The van der Waals surface area contributed by atoms with Gasteiger partial charge in [-0.1, -0.05) is 11.6 Å². The lowest BCUT2D eigenvalue weighted by Crippen LogP contribution is -2.41. The Kier molecular flexibility index (Phi) is 2.47. The topological polar surface area (TPSA) is 38.8 Å². The molecule has 2 aliphatic heterocycles. The summed E-state index contributed by atoms with van der Waals surface area (Å²) in [5.41, 5.74) is 4.03. The molecule has 1 aromatic rings. The van der Waals surface area contributed by atoms with Gasteiger partial charge in [-0.2, -0.15) is 0 Å². The van der Waals surface area contributed by atoms with E-state index in [0.717, 1.165) is 22.4 Å². The molecule has 0 bridgehead atoms. The normalized spacial score (nSPS) is 20.8. The van der Waals surface area contributed by atoms with E-state index in [4.69, 9.17) is 9.47 Å². The van der Waals surface area contributed by atoms with Gasteiger partial charge in [0, 0.05) is 12.1 Å². The van der Waals surface area contributed by atoms with Gasteiger partial charge in [0.15, 0.2) is 0 Å². The highest BCUT2D eigenvalue weighted by Crippen LogP contribution is 2.47. The Balaban J connectivity index is 2.26. The van der Waals surface area contributed by atoms with Crippen molar-refractivity contribution in [3.05, 3.63) is 28.8 Å². The molecule has 18 heavy (non-hydrogen) atoms. The molecule has 0 radical (unpaired) electrons. The Morgan fingerprint density at radius 1 is 1.28 bits per heavy atom. The van der Waals surface area contributed by atoms with Crippen LogP contribution in [0, 0.1) is 13.8 Å². The number of benzene rings is 1. The van der Waals surface area contributed by atoms with E-state index in [0.29, 0.717) is 19.8 Å². The first kappa shape index (κ1) is 11.7. The third kappa shape index (κ3) is 1.30. The first-order chi connectivity index (χ1) is 8.60. The molecule has 4 heteroatoms. The number of aryl methyl sites for hydroxylation is 2. The van der Waals surface area contributed by atoms with E-state index in [1.807, 2.05) is 26.8 Å². The average Bonchev–Trinajstić information content (AvgIpc) is 2.89. The molecule has 2 aliphatic rings. The molecule has 96 valence electrons. The van der Waals surface area contributed by atoms with Crippen LogP contribution in [-0.2, 0) is 20.1 Å². The van der Waals surface area contributed by atoms with Gasteiger partial charge in [-0.05, 0) is 32.4 Å². The lowest BCUT2D eigenvalue weighted by molar-refractivity contribution is -0.180. The van der Waals surface area contributed by atoms with Gasteiger partial charge in [0.2, 0.25) is 0 Å². The maximum atomic E-state index is 12.6. The fourth-order valence-electron chi connectivity index (χ4n) is 2.96. The zero-order valence-corrected chi connectivity index (χ0v) is 10.9. The van der Waals surface area contributed by atoms with Gasteiger partial charge in [0.1, 0.15) is 0 Å². The Morgan fingerprint density at radius 3 is 2.56 bits per heavy atom. The van der Waals surface area contributed by atoms with Crippen LogP contribution in [0.3, 0.4) is 0 Å². The first-order valence-electron chi connectivity index (χ1n) is 6.31. The fourth-order valence-corrected chi connectivity index (χ4v) is 2.96. The monoisotopic (exact) mass is 247 g/mol. The van der Waals surface area contributed by atoms with Gasteiger partial charge < -0.3 is 14.4 Å². The molecule has 0 atom stereocenters. The number of carbonyl (C=O) groups is 1. The van der Waals surface area contributed by atoms with E-state index >= 15 is 0 Å². The van der Waals surface area contributed by atoms with Gasteiger partial charge in [0.25, 0.3) is 11.7 Å². The standard InChI is InChI=1S/C14H17NO3/c1-4-15-12-10(3)7-9(2)8-11(12)14(13(15)16)17-5-6-18-14/h7-8H,4-6H2,1-3H3. The molecule has 0 aliphatic carbocycles. The van der Waals surface area contributed by atoms with Crippen molar-refractivity contribution < 1.29 is 14.3 Å². The summed E-state index contributed by atoms with van der Waals surface area (Å²) in [5, 5.41) is 0. The molecular weight excluding hydrogens is 230 g/mol. The van der Waals surface area contributed by atoms with Crippen molar-refractivity contribution >= 4 is 11.6 Å². The van der Waals surface area contributed by atoms with Crippen LogP contribution in [0.4, 0.5) is 5.69 Å². The Hall–Kier alpha value is -1.39. The molecule has 1 aromatic carbocycles. The SMILES string of the molecule is CCN1C(=O)C2(OCCO2)c2cc(C)cc(C)c21. The van der Waals surface area contributed by atoms with Crippen LogP contribution in [0.1, 0.15) is 23.6 Å². The van der Waals surface area contributed by atoms with E-state index in [1.54, 1.807) is 4.90 Å². The highest BCUT2D eigenvalue weighted by Gasteiger charge is 2.56. The molecule has 1 fully saturated rings. The summed E-state index contributed by atoms with van der Waals surface area (Å²) in [6.07, 6.45) is 0. The second kappa shape index (κ2) is 3.80. The summed E-state index contributed by atoms with van der Waals surface area (Å²) in [5.74, 6) is -1.27. The molecule has 0 unspecified atom stereocenters. The number of fused-ring (bicyclic) bond motifs is 2. The second-order valence-corrected chi connectivity index (χ2v) is 4.84. The second-order valence-electron chi connectivity index (χ2n) is 4.84. The van der Waals surface area contributed by atoms with Crippen LogP contribution < -0.4 is 4.90 Å². The fraction of sp³-hybridized carbons (Fsp3) is 0.500. The van der Waals surface area contributed by atoms with E-state index in [-0.39, 0.29) is 5.91 Å². The van der Waals surface area contributed by atoms with Crippen molar-refractivity contribution in [2.24, 2.45) is 0 Å². The third-order valence-electron chi connectivity index (χ3n) is 3.61. The quantitative estimate of drug-likeness (QED) is 0.760. The van der Waals surface area contributed by atoms with Crippen LogP contribution in [-0.4, -0.2) is 25.7 Å². The Labute approximate surface area is 106 Å². The molecule has 2 heterocycles. The maximum absolute atomic E-state index is 12.6. The Morgan fingerprint density at radius 2 is 1.94 bits per heavy atom. The summed E-state index contributed by atoms with van der Waals surface area (Å²) < 4.78 is 11.3. The number of carbonyl (C=O) groups excluding carboxylic acids is 1. The zero-order valence-electron chi connectivity index (χ0n) is 10.9. The van der Waals surface area contributed by atoms with Gasteiger partial charge in [0.05, 0.1) is 18.9 Å². The number of amides is 1. The number of ether oxygens (including phenoxy) is 2. The number of nitrogens with zero attached hydrogens (tertiary/aromatic N) is 1. The Bertz CT molecular complexity index is 518. The van der Waals surface area contributed by atoms with Crippen LogP contribution in [0.2, 0.25) is 0 Å². The minimum atomic E-state index is -1.18. The lowest BCUT2D eigenvalue weighted by atomic mass is 10.0. The van der Waals surface area contributed by atoms with Crippen molar-refractivity contribution in [2.45, 2.75) is 26.6 Å². The zero-order chi connectivity index (χ0) is 12.9. The molecular formula is C14H17NO3. The van der Waals surface area contributed by atoms with Crippen molar-refractivity contribution in [2.75, 3.05) is 24.7 Å². The highest BCUT2D eigenvalue weighted by molar-refractivity contribution is 6.07. The van der Waals surface area contributed by atoms with E-state index in [9.17, 15) is 4.79 Å². The minimum Gasteiger partial charge on any atom is -0.336 e. The number of hydrogen-bond donors (Lipinski definition) is 0. The number of likely N-dealkylation sites (N-methyl/N-ethyl adjacent to an activating group) is 1. The predicted octanol–water partition coefficient (Wildman–Crippen LogP) is 1.87. The molecule has 3 rings (SSSR count). The van der Waals surface area contributed by atoms with Crippen molar-refractivity contribution in [3.8, 4) is 0 Å². The van der Waals surface area contributed by atoms with E-state index < -0.39 is 5.79 Å². The van der Waals surface area contributed by atoms with Gasteiger partial charge in [-0.25, -0.2) is 0 Å². The summed E-state index contributed by atoms with van der Waals surface area (Å²) >= 11 is 0. The van der Waals surface area contributed by atoms with Gasteiger partial charge >= 0.3 is 0 Å². The molecule has 1 saturated heterocycles. The molecule has 0 saturated carbocycles. The van der Waals surface area contributed by atoms with Crippen molar-refractivity contribution in [1.82, 2.24) is 0 Å². The molecule has 0 aromatic heterocycles. The third-order valence-corrected chi connectivity index (χ3v) is 3.61. The summed E-state index contributed by atoms with van der Waals surface area (Å²) in [6.45, 7) is 7.58. The molecule has 4 nitrogen and oxygen atoms in total. The van der Waals surface area contributed by atoms with Crippen LogP contribution in [0.25, 0.3) is 0 Å². The average molecular weight is 247 g/mol. The van der Waals surface area contributed by atoms with Crippen molar-refractivity contribution in [3.63, 3.8) is 0 Å². The van der Waals surface area contributed by atoms with Crippen LogP contribution >= 0.6 is 0 Å². The maximum Gasteiger partial charge on any atom is 0.292 e. The first-order valence-corrected chi connectivity index (χ1v) is 6.31. The van der Waals surface area contributed by atoms with E-state index in [1.165, 1.54) is 0 Å². The van der Waals surface area contributed by atoms with Crippen molar-refractivity contribution in [1.29, 1.82) is 0 Å². The lowest BCUT2D eigenvalue weighted by Gasteiger charge is -2.21.